The molecule has 1 fully saturated rings. The smallest absolute Gasteiger partial charge is 0.136 e. The number of rotatable bonds is 9. The third-order valence-electron chi connectivity index (χ3n) is 6.38. The summed E-state index contributed by atoms with van der Waals surface area (Å²) in [6.45, 7) is 10.3. The van der Waals surface area contributed by atoms with Gasteiger partial charge in [0.05, 0.1) is 0 Å². The van der Waals surface area contributed by atoms with E-state index in [0.717, 1.165) is 56.4 Å². The van der Waals surface area contributed by atoms with E-state index in [2.05, 4.69) is 47.9 Å². The second kappa shape index (κ2) is 11.6. The number of β-amino-alcohol motifs (C(OH)–C–C–N with tert-alkyl or cyclic N) is 1. The summed E-state index contributed by atoms with van der Waals surface area (Å²) in [6, 6.07) is 14.5. The number of aliphatic hydroxyl groups excluding tert-OH is 1. The van der Waals surface area contributed by atoms with Crippen molar-refractivity contribution in [2.45, 2.75) is 39.7 Å². The fourth-order valence-corrected chi connectivity index (χ4v) is 4.62. The van der Waals surface area contributed by atoms with E-state index in [-0.39, 0.29) is 12.4 Å². The van der Waals surface area contributed by atoms with Crippen LogP contribution in [-0.4, -0.2) is 65.4 Å². The number of halogens is 1. The van der Waals surface area contributed by atoms with Crippen LogP contribution in [0.15, 0.2) is 48.5 Å². The summed E-state index contributed by atoms with van der Waals surface area (Å²) in [5.74, 6) is 2.10. The molecule has 6 nitrogen and oxygen atoms in total. The minimum absolute atomic E-state index is 0.178. The van der Waals surface area contributed by atoms with E-state index < -0.39 is 6.10 Å². The maximum absolute atomic E-state index is 13.0. The Bertz CT molecular complexity index is 1110. The first-order valence-corrected chi connectivity index (χ1v) is 12.4. The molecule has 1 atom stereocenters. The van der Waals surface area contributed by atoms with Crippen molar-refractivity contribution in [3.63, 3.8) is 0 Å². The third-order valence-corrected chi connectivity index (χ3v) is 6.38. The summed E-state index contributed by atoms with van der Waals surface area (Å²) in [7, 11) is 0. The van der Waals surface area contributed by atoms with Gasteiger partial charge in [-0.3, -0.25) is 4.90 Å². The van der Waals surface area contributed by atoms with Gasteiger partial charge in [-0.1, -0.05) is 36.8 Å². The maximum Gasteiger partial charge on any atom is 0.136 e. The highest BCUT2D eigenvalue weighted by molar-refractivity contribution is 5.52. The lowest BCUT2D eigenvalue weighted by atomic mass is 10.0. The molecule has 1 aromatic heterocycles. The molecule has 2 heterocycles. The highest BCUT2D eigenvalue weighted by Gasteiger charge is 2.24. The van der Waals surface area contributed by atoms with Crippen LogP contribution in [0.1, 0.15) is 35.1 Å². The van der Waals surface area contributed by atoms with Crippen LogP contribution in [0.5, 0.6) is 5.75 Å². The molecule has 2 aromatic carbocycles. The summed E-state index contributed by atoms with van der Waals surface area (Å²) >= 11 is 0. The van der Waals surface area contributed by atoms with Crippen molar-refractivity contribution in [1.82, 2.24) is 14.9 Å². The predicted molar refractivity (Wildman–Crippen MR) is 137 cm³/mol. The lowest BCUT2D eigenvalue weighted by Crippen LogP contribution is -2.49. The van der Waals surface area contributed by atoms with Gasteiger partial charge in [-0.25, -0.2) is 14.4 Å². The molecule has 1 saturated heterocycles. The quantitative estimate of drug-likeness (QED) is 0.503. The van der Waals surface area contributed by atoms with Crippen molar-refractivity contribution in [2.24, 2.45) is 0 Å². The van der Waals surface area contributed by atoms with Crippen molar-refractivity contribution >= 4 is 5.82 Å². The number of aromatic nitrogens is 2. The number of nitrogens with zero attached hydrogens (tertiary/aromatic N) is 4. The van der Waals surface area contributed by atoms with Crippen molar-refractivity contribution in [2.75, 3.05) is 44.2 Å². The maximum atomic E-state index is 13.0. The molecule has 7 heteroatoms. The first-order chi connectivity index (χ1) is 16.9. The van der Waals surface area contributed by atoms with Gasteiger partial charge >= 0.3 is 0 Å². The Morgan fingerprint density at radius 2 is 1.77 bits per heavy atom. The molecule has 0 radical (unpaired) electrons. The van der Waals surface area contributed by atoms with Crippen LogP contribution in [0.2, 0.25) is 0 Å². The Morgan fingerprint density at radius 1 is 1.03 bits per heavy atom. The molecule has 0 amide bonds. The monoisotopic (exact) mass is 478 g/mol. The minimum atomic E-state index is -0.614. The van der Waals surface area contributed by atoms with E-state index in [1.54, 1.807) is 12.1 Å². The van der Waals surface area contributed by atoms with Crippen molar-refractivity contribution in [3.8, 4) is 5.75 Å². The van der Waals surface area contributed by atoms with Crippen LogP contribution >= 0.6 is 0 Å². The van der Waals surface area contributed by atoms with E-state index in [9.17, 15) is 9.50 Å². The van der Waals surface area contributed by atoms with E-state index in [1.165, 1.54) is 28.8 Å². The van der Waals surface area contributed by atoms with Gasteiger partial charge in [0.2, 0.25) is 0 Å². The number of benzene rings is 2. The van der Waals surface area contributed by atoms with Gasteiger partial charge in [-0.15, -0.1) is 0 Å². The summed E-state index contributed by atoms with van der Waals surface area (Å²) in [5.41, 5.74) is 4.86. The number of hydrogen-bond acceptors (Lipinski definition) is 6. The van der Waals surface area contributed by atoms with Crippen LogP contribution in [0.3, 0.4) is 0 Å². The fourth-order valence-electron chi connectivity index (χ4n) is 4.62. The molecule has 0 spiro atoms. The lowest BCUT2D eigenvalue weighted by molar-refractivity contribution is 0.0662. The molecule has 3 aromatic rings. The Hall–Kier alpha value is -3.03. The molecule has 0 aliphatic carbocycles. The van der Waals surface area contributed by atoms with E-state index in [4.69, 9.17) is 14.7 Å². The number of ether oxygens (including phenoxy) is 1. The zero-order valence-electron chi connectivity index (χ0n) is 20.9. The van der Waals surface area contributed by atoms with Gasteiger partial charge in [0.15, 0.2) is 0 Å². The topological polar surface area (TPSA) is 61.7 Å². The molecule has 0 bridgehead atoms. The second-order valence-corrected chi connectivity index (χ2v) is 9.25. The molecule has 1 aliphatic rings. The SMILES string of the molecule is CCc1nc(C)nc(N2CCN(CC(O)COc3ccc(F)cc3)CC2)c1Cc1cccc(C)c1. The molecular weight excluding hydrogens is 443 g/mol. The Morgan fingerprint density at radius 3 is 2.46 bits per heavy atom. The molecule has 1 N–H and O–H groups in total. The van der Waals surface area contributed by atoms with Gasteiger partial charge in [0.1, 0.15) is 35.9 Å². The molecule has 0 saturated carbocycles. The normalized spacial score (nSPS) is 15.3. The van der Waals surface area contributed by atoms with Gasteiger partial charge in [-0.2, -0.15) is 0 Å². The Balaban J connectivity index is 1.38. The Kier molecular flexibility index (Phi) is 8.31. The van der Waals surface area contributed by atoms with Gasteiger partial charge < -0.3 is 14.7 Å². The van der Waals surface area contributed by atoms with Crippen LogP contribution in [-0.2, 0) is 12.8 Å². The van der Waals surface area contributed by atoms with Crippen LogP contribution < -0.4 is 9.64 Å². The van der Waals surface area contributed by atoms with E-state index in [0.29, 0.717) is 12.3 Å². The van der Waals surface area contributed by atoms with Crippen LogP contribution in [0.4, 0.5) is 10.2 Å². The molecular formula is C28H35FN4O2. The zero-order chi connectivity index (χ0) is 24.8. The summed E-state index contributed by atoms with van der Waals surface area (Å²) in [5, 5.41) is 10.5. The fraction of sp³-hybridized carbons (Fsp3) is 0.429. The van der Waals surface area contributed by atoms with Crippen LogP contribution in [0, 0.1) is 19.7 Å². The number of anilines is 1. The highest BCUT2D eigenvalue weighted by Crippen LogP contribution is 2.26. The molecule has 1 aliphatic heterocycles. The average Bonchev–Trinajstić information content (AvgIpc) is 2.85. The second-order valence-electron chi connectivity index (χ2n) is 9.25. The number of aryl methyl sites for hydroxylation is 3. The largest absolute Gasteiger partial charge is 0.491 e. The van der Waals surface area contributed by atoms with Gasteiger partial charge in [0.25, 0.3) is 0 Å². The lowest BCUT2D eigenvalue weighted by Gasteiger charge is -2.37. The molecule has 35 heavy (non-hydrogen) atoms. The van der Waals surface area contributed by atoms with Gasteiger partial charge in [0, 0.05) is 50.4 Å². The van der Waals surface area contributed by atoms with Crippen molar-refractivity contribution in [3.05, 3.63) is 82.6 Å². The van der Waals surface area contributed by atoms with Crippen molar-refractivity contribution < 1.29 is 14.2 Å². The van der Waals surface area contributed by atoms with Crippen molar-refractivity contribution in [1.29, 1.82) is 0 Å². The first-order valence-electron chi connectivity index (χ1n) is 12.4. The third kappa shape index (κ3) is 6.77. The first kappa shape index (κ1) is 25.1. The summed E-state index contributed by atoms with van der Waals surface area (Å²) in [6.07, 6.45) is 1.08. The standard InChI is InChI=1S/C28H35FN4O2/c1-4-27-26(17-22-7-5-6-20(2)16-22)28(31-21(3)30-27)33-14-12-32(13-15-33)18-24(34)19-35-25-10-8-23(29)9-11-25/h5-11,16,24,34H,4,12-15,17-19H2,1-3H3. The summed E-state index contributed by atoms with van der Waals surface area (Å²) in [4.78, 5) is 14.2. The average molecular weight is 479 g/mol. The molecule has 4 rings (SSSR count). The number of aliphatic hydroxyl groups is 1. The van der Waals surface area contributed by atoms with Crippen LogP contribution in [0.25, 0.3) is 0 Å². The number of piperazine rings is 1. The summed E-state index contributed by atoms with van der Waals surface area (Å²) < 4.78 is 18.6. The van der Waals surface area contributed by atoms with Gasteiger partial charge in [-0.05, 0) is 50.1 Å². The molecule has 1 unspecified atom stereocenters. The zero-order valence-corrected chi connectivity index (χ0v) is 20.9. The Labute approximate surface area is 207 Å². The number of hydrogen-bond donors (Lipinski definition) is 1. The molecule has 186 valence electrons. The highest BCUT2D eigenvalue weighted by atomic mass is 19.1. The van der Waals surface area contributed by atoms with E-state index in [1.807, 2.05) is 6.92 Å². The predicted octanol–water partition coefficient (Wildman–Crippen LogP) is 3.95. The van der Waals surface area contributed by atoms with E-state index >= 15 is 0 Å². The minimum Gasteiger partial charge on any atom is -0.491 e.